The van der Waals surface area contributed by atoms with Gasteiger partial charge in [-0.2, -0.15) is 0 Å². The van der Waals surface area contributed by atoms with Crippen molar-refractivity contribution in [2.24, 2.45) is 4.99 Å². The van der Waals surface area contributed by atoms with Gasteiger partial charge in [0.1, 0.15) is 5.75 Å². The summed E-state index contributed by atoms with van der Waals surface area (Å²) in [4.78, 5) is 34.6. The van der Waals surface area contributed by atoms with Crippen molar-refractivity contribution in [1.29, 1.82) is 0 Å². The number of fused-ring (bicyclic) bond motifs is 1. The molecule has 1 aliphatic rings. The summed E-state index contributed by atoms with van der Waals surface area (Å²) in [6.07, 6.45) is 1.74. The Kier molecular flexibility index (Phi) is 8.28. The van der Waals surface area contributed by atoms with E-state index < -0.39 is 6.04 Å². The summed E-state index contributed by atoms with van der Waals surface area (Å²) < 4.78 is 18.4. The highest BCUT2D eigenvalue weighted by atomic mass is 35.5. The summed E-state index contributed by atoms with van der Waals surface area (Å²) >= 11 is 7.42. The van der Waals surface area contributed by atoms with Crippen LogP contribution in [0.25, 0.3) is 6.08 Å². The summed E-state index contributed by atoms with van der Waals surface area (Å²) in [5.74, 6) is 1.40. The maximum atomic E-state index is 13.9. The van der Waals surface area contributed by atoms with E-state index in [0.29, 0.717) is 61.5 Å². The number of carbonyl (C=O) groups is 1. The number of allylic oxidation sites excluding steroid dienone is 1. The Bertz CT molecular complexity index is 1570. The lowest BCUT2D eigenvalue weighted by atomic mass is 9.94. The normalized spacial score (nSPS) is 15.1. The van der Waals surface area contributed by atoms with Gasteiger partial charge in [0, 0.05) is 29.7 Å². The minimum absolute atomic E-state index is 0.146. The number of hydrogen-bond donors (Lipinski definition) is 0. The van der Waals surface area contributed by atoms with E-state index in [2.05, 4.69) is 0 Å². The predicted molar refractivity (Wildman–Crippen MR) is 149 cm³/mol. The number of benzene rings is 2. The van der Waals surface area contributed by atoms with Gasteiger partial charge >= 0.3 is 0 Å². The van der Waals surface area contributed by atoms with Crippen LogP contribution in [0.2, 0.25) is 5.02 Å². The number of halogens is 1. The van der Waals surface area contributed by atoms with E-state index in [1.54, 1.807) is 61.1 Å². The Morgan fingerprint density at radius 3 is 2.24 bits per heavy atom. The highest BCUT2D eigenvalue weighted by molar-refractivity contribution is 7.07. The van der Waals surface area contributed by atoms with Crippen LogP contribution in [0.4, 0.5) is 0 Å². The van der Waals surface area contributed by atoms with E-state index in [9.17, 15) is 9.59 Å². The fourth-order valence-corrected chi connectivity index (χ4v) is 5.71. The first-order chi connectivity index (χ1) is 18.3. The topological polar surface area (TPSA) is 82.4 Å². The van der Waals surface area contributed by atoms with Gasteiger partial charge in [0.05, 0.1) is 43.2 Å². The van der Waals surface area contributed by atoms with Crippen molar-refractivity contribution >= 4 is 34.9 Å². The molecule has 38 heavy (non-hydrogen) atoms. The smallest absolute Gasteiger partial charge is 0.271 e. The van der Waals surface area contributed by atoms with E-state index in [1.165, 1.54) is 11.3 Å². The van der Waals surface area contributed by atoms with Gasteiger partial charge in [-0.3, -0.25) is 14.2 Å². The summed E-state index contributed by atoms with van der Waals surface area (Å²) in [6.45, 7) is 6.76. The molecule has 0 fully saturated rings. The molecule has 200 valence electrons. The molecule has 0 radical (unpaired) electrons. The van der Waals surface area contributed by atoms with Crippen molar-refractivity contribution in [2.45, 2.75) is 26.8 Å². The third-order valence-electron chi connectivity index (χ3n) is 6.51. The predicted octanol–water partition coefficient (Wildman–Crippen LogP) is 3.78. The highest BCUT2D eigenvalue weighted by Crippen LogP contribution is 2.35. The van der Waals surface area contributed by atoms with Crippen molar-refractivity contribution in [3.63, 3.8) is 0 Å². The van der Waals surface area contributed by atoms with Crippen molar-refractivity contribution in [3.05, 3.63) is 83.5 Å². The van der Waals surface area contributed by atoms with Crippen molar-refractivity contribution < 1.29 is 19.0 Å². The molecule has 4 rings (SSSR count). The molecule has 0 spiro atoms. The second-order valence-corrected chi connectivity index (χ2v) is 10.0. The Balaban J connectivity index is 1.97. The molecule has 0 saturated carbocycles. The van der Waals surface area contributed by atoms with Crippen LogP contribution in [-0.4, -0.2) is 49.8 Å². The van der Waals surface area contributed by atoms with Crippen LogP contribution >= 0.6 is 22.9 Å². The standard InChI is InChI=1S/C28H30ClN3O5S/c1-7-31(8-2)27(34)24-16(3)30-28-32(25(24)17-9-11-19(29)12-10-17)26(33)23(38-28)14-18-13-21(36-5)22(37-6)15-20(18)35-4/h9-15,25H,7-8H2,1-6H3/b23-14+/t25-/m0/s1. The molecule has 0 aliphatic carbocycles. The lowest BCUT2D eigenvalue weighted by Gasteiger charge is -2.29. The van der Waals surface area contributed by atoms with Crippen LogP contribution in [0.15, 0.2) is 57.5 Å². The number of aromatic nitrogens is 1. The number of methoxy groups -OCH3 is 3. The summed E-state index contributed by atoms with van der Waals surface area (Å²) in [6, 6.07) is 10.0. The number of carbonyl (C=O) groups excluding carboxylic acids is 1. The van der Waals surface area contributed by atoms with Gasteiger partial charge in [-0.05, 0) is 50.6 Å². The number of rotatable bonds is 8. The Morgan fingerprint density at radius 2 is 1.66 bits per heavy atom. The molecule has 0 bridgehead atoms. The van der Waals surface area contributed by atoms with Crippen molar-refractivity contribution in [1.82, 2.24) is 9.47 Å². The number of likely N-dealkylation sites (N-methyl/N-ethyl adjacent to an activating group) is 1. The number of hydrogen-bond acceptors (Lipinski definition) is 7. The van der Waals surface area contributed by atoms with Gasteiger partial charge in [-0.25, -0.2) is 4.99 Å². The van der Waals surface area contributed by atoms with Crippen LogP contribution in [0, 0.1) is 0 Å². The second-order valence-electron chi connectivity index (χ2n) is 8.56. The Labute approximate surface area is 230 Å². The number of nitrogens with zero attached hydrogens (tertiary/aromatic N) is 3. The lowest BCUT2D eigenvalue weighted by molar-refractivity contribution is -0.127. The van der Waals surface area contributed by atoms with Crippen LogP contribution in [0.3, 0.4) is 0 Å². The molecule has 1 amide bonds. The van der Waals surface area contributed by atoms with Gasteiger partial charge in [0.25, 0.3) is 11.5 Å². The largest absolute Gasteiger partial charge is 0.496 e. The zero-order valence-electron chi connectivity index (χ0n) is 22.2. The molecule has 0 N–H and O–H groups in total. The summed E-state index contributed by atoms with van der Waals surface area (Å²) in [7, 11) is 4.64. The van der Waals surface area contributed by atoms with Gasteiger partial charge in [-0.1, -0.05) is 35.1 Å². The average molecular weight is 556 g/mol. The highest BCUT2D eigenvalue weighted by Gasteiger charge is 2.34. The molecule has 0 unspecified atom stereocenters. The molecular formula is C28H30ClN3O5S. The molecule has 0 saturated heterocycles. The molecule has 2 aromatic carbocycles. The van der Waals surface area contributed by atoms with Crippen LogP contribution in [-0.2, 0) is 4.79 Å². The number of amides is 1. The average Bonchev–Trinajstić information content (AvgIpc) is 3.22. The molecule has 8 nitrogen and oxygen atoms in total. The van der Waals surface area contributed by atoms with Crippen LogP contribution in [0.5, 0.6) is 17.2 Å². The molecule has 3 aromatic rings. The molecule has 10 heteroatoms. The third kappa shape index (κ3) is 4.96. The van der Waals surface area contributed by atoms with E-state index in [-0.39, 0.29) is 11.5 Å². The van der Waals surface area contributed by atoms with Crippen LogP contribution < -0.4 is 29.1 Å². The Morgan fingerprint density at radius 1 is 1.05 bits per heavy atom. The van der Waals surface area contributed by atoms with Crippen molar-refractivity contribution in [2.75, 3.05) is 34.4 Å². The molecule has 1 aromatic heterocycles. The zero-order valence-corrected chi connectivity index (χ0v) is 23.8. The molecule has 2 heterocycles. The quantitative estimate of drug-likeness (QED) is 0.422. The zero-order chi connectivity index (χ0) is 27.6. The lowest BCUT2D eigenvalue weighted by Crippen LogP contribution is -2.43. The maximum Gasteiger partial charge on any atom is 0.271 e. The van der Waals surface area contributed by atoms with Gasteiger partial charge < -0.3 is 19.1 Å². The number of thiazole rings is 1. The fraction of sp³-hybridized carbons (Fsp3) is 0.321. The van der Waals surface area contributed by atoms with E-state index in [0.717, 1.165) is 5.56 Å². The van der Waals surface area contributed by atoms with Gasteiger partial charge in [-0.15, -0.1) is 0 Å². The van der Waals surface area contributed by atoms with Crippen molar-refractivity contribution in [3.8, 4) is 17.2 Å². The Hall–Kier alpha value is -3.56. The first-order valence-electron chi connectivity index (χ1n) is 12.1. The van der Waals surface area contributed by atoms with Crippen LogP contribution in [0.1, 0.15) is 37.9 Å². The first kappa shape index (κ1) is 27.5. The maximum absolute atomic E-state index is 13.9. The minimum atomic E-state index is -0.647. The summed E-state index contributed by atoms with van der Waals surface area (Å²) in [5, 5.41) is 0.569. The summed E-state index contributed by atoms with van der Waals surface area (Å²) in [5.41, 5.74) is 2.21. The fourth-order valence-electron chi connectivity index (χ4n) is 4.54. The monoisotopic (exact) mass is 555 g/mol. The van der Waals surface area contributed by atoms with E-state index >= 15 is 0 Å². The van der Waals surface area contributed by atoms with E-state index in [4.69, 9.17) is 30.8 Å². The molecule has 1 atom stereocenters. The van der Waals surface area contributed by atoms with E-state index in [1.807, 2.05) is 32.9 Å². The SMILES string of the molecule is CCN(CC)C(=O)C1=C(C)N=c2s/c(=C/c3cc(OC)c(OC)cc3OC)c(=O)n2[C@H]1c1ccc(Cl)cc1. The molecule has 1 aliphatic heterocycles. The van der Waals surface area contributed by atoms with Gasteiger partial charge in [0.15, 0.2) is 16.3 Å². The first-order valence-corrected chi connectivity index (χ1v) is 13.3. The third-order valence-corrected chi connectivity index (χ3v) is 7.75. The molecular weight excluding hydrogens is 526 g/mol. The van der Waals surface area contributed by atoms with Gasteiger partial charge in [0.2, 0.25) is 0 Å². The minimum Gasteiger partial charge on any atom is -0.496 e. The number of ether oxygens (including phenoxy) is 3. The second kappa shape index (κ2) is 11.4.